The first kappa shape index (κ1) is 15.5. The quantitative estimate of drug-likeness (QED) is 0.769. The van der Waals surface area contributed by atoms with Crippen molar-refractivity contribution in [2.45, 2.75) is 39.8 Å². The van der Waals surface area contributed by atoms with E-state index in [-0.39, 0.29) is 0 Å². The Morgan fingerprint density at radius 3 is 2.85 bits per heavy atom. The van der Waals surface area contributed by atoms with Crippen molar-refractivity contribution in [1.82, 2.24) is 5.32 Å². The standard InChI is InChI=1S/C17H25NOS/c1-4-7-13(2)11-19-12-15-14-8-5-6-9-16(14)20-17(15)10-18-3/h5-6,8-9,13,18H,4,7,10-12H2,1-3H3. The normalized spacial score (nSPS) is 12.9. The zero-order chi connectivity index (χ0) is 14.4. The number of fused-ring (bicyclic) bond motifs is 1. The summed E-state index contributed by atoms with van der Waals surface area (Å²) in [6.45, 7) is 7.01. The fourth-order valence-corrected chi connectivity index (χ4v) is 3.77. The van der Waals surface area contributed by atoms with Crippen LogP contribution in [0.3, 0.4) is 0 Å². The third-order valence-electron chi connectivity index (χ3n) is 3.55. The predicted octanol–water partition coefficient (Wildman–Crippen LogP) is 4.57. The van der Waals surface area contributed by atoms with Gasteiger partial charge in [-0.15, -0.1) is 11.3 Å². The van der Waals surface area contributed by atoms with E-state index in [9.17, 15) is 0 Å². The molecule has 0 amide bonds. The minimum absolute atomic E-state index is 0.651. The summed E-state index contributed by atoms with van der Waals surface area (Å²) in [5, 5.41) is 4.61. The van der Waals surface area contributed by atoms with Crippen LogP contribution in [-0.2, 0) is 17.9 Å². The van der Waals surface area contributed by atoms with Crippen LogP contribution in [0.4, 0.5) is 0 Å². The van der Waals surface area contributed by atoms with Gasteiger partial charge in [0.25, 0.3) is 0 Å². The molecule has 0 saturated carbocycles. The summed E-state index contributed by atoms with van der Waals surface area (Å²) in [6, 6.07) is 8.62. The number of rotatable bonds is 8. The molecule has 1 unspecified atom stereocenters. The van der Waals surface area contributed by atoms with Gasteiger partial charge in [-0.2, -0.15) is 0 Å². The fourth-order valence-electron chi connectivity index (χ4n) is 2.55. The van der Waals surface area contributed by atoms with E-state index in [2.05, 4.69) is 43.4 Å². The number of benzene rings is 1. The minimum atomic E-state index is 0.651. The van der Waals surface area contributed by atoms with Crippen molar-refractivity contribution in [3.05, 3.63) is 34.7 Å². The van der Waals surface area contributed by atoms with Crippen LogP contribution in [-0.4, -0.2) is 13.7 Å². The SMILES string of the molecule is CCCC(C)COCc1c(CNC)sc2ccccc12. The molecular formula is C17H25NOS. The lowest BCUT2D eigenvalue weighted by molar-refractivity contribution is 0.0898. The molecule has 0 radical (unpaired) electrons. The molecule has 2 rings (SSSR count). The molecule has 110 valence electrons. The highest BCUT2D eigenvalue weighted by molar-refractivity contribution is 7.19. The van der Waals surface area contributed by atoms with E-state index < -0.39 is 0 Å². The monoisotopic (exact) mass is 291 g/mol. The van der Waals surface area contributed by atoms with Crippen molar-refractivity contribution in [2.75, 3.05) is 13.7 Å². The number of hydrogen-bond donors (Lipinski definition) is 1. The molecule has 2 nitrogen and oxygen atoms in total. The predicted molar refractivity (Wildman–Crippen MR) is 88.3 cm³/mol. The third-order valence-corrected chi connectivity index (χ3v) is 4.76. The van der Waals surface area contributed by atoms with Crippen LogP contribution in [0.15, 0.2) is 24.3 Å². The Balaban J connectivity index is 2.09. The highest BCUT2D eigenvalue weighted by atomic mass is 32.1. The van der Waals surface area contributed by atoms with Gasteiger partial charge in [0.2, 0.25) is 0 Å². The van der Waals surface area contributed by atoms with Gasteiger partial charge in [0, 0.05) is 28.3 Å². The van der Waals surface area contributed by atoms with Gasteiger partial charge in [-0.05, 0) is 30.8 Å². The van der Waals surface area contributed by atoms with Crippen LogP contribution in [0.1, 0.15) is 37.1 Å². The van der Waals surface area contributed by atoms with Gasteiger partial charge in [0.15, 0.2) is 0 Å². The van der Waals surface area contributed by atoms with Crippen LogP contribution >= 0.6 is 11.3 Å². The van der Waals surface area contributed by atoms with Gasteiger partial charge >= 0.3 is 0 Å². The summed E-state index contributed by atoms with van der Waals surface area (Å²) in [5.41, 5.74) is 1.36. The second-order valence-electron chi connectivity index (χ2n) is 5.44. The number of ether oxygens (including phenoxy) is 1. The molecule has 0 aliphatic rings. The van der Waals surface area contributed by atoms with Gasteiger partial charge < -0.3 is 10.1 Å². The van der Waals surface area contributed by atoms with Crippen molar-refractivity contribution in [2.24, 2.45) is 5.92 Å². The average Bonchev–Trinajstić information content (AvgIpc) is 2.78. The Kier molecular flexibility index (Phi) is 6.02. The molecule has 1 aromatic heterocycles. The maximum absolute atomic E-state index is 5.97. The van der Waals surface area contributed by atoms with Crippen LogP contribution in [0.2, 0.25) is 0 Å². The Bertz CT molecular complexity index is 535. The molecule has 1 N–H and O–H groups in total. The molecule has 20 heavy (non-hydrogen) atoms. The van der Waals surface area contributed by atoms with E-state index in [0.29, 0.717) is 5.92 Å². The summed E-state index contributed by atoms with van der Waals surface area (Å²) in [7, 11) is 2.00. The first-order valence-electron chi connectivity index (χ1n) is 7.47. The topological polar surface area (TPSA) is 21.3 Å². The maximum Gasteiger partial charge on any atom is 0.0734 e. The lowest BCUT2D eigenvalue weighted by Gasteiger charge is -2.11. The number of nitrogens with one attached hydrogen (secondary N) is 1. The second kappa shape index (κ2) is 7.77. The van der Waals surface area contributed by atoms with Crippen molar-refractivity contribution < 1.29 is 4.74 Å². The van der Waals surface area contributed by atoms with Gasteiger partial charge in [-0.1, -0.05) is 38.5 Å². The van der Waals surface area contributed by atoms with E-state index in [4.69, 9.17) is 4.74 Å². The molecule has 2 aromatic rings. The van der Waals surface area contributed by atoms with Crippen LogP contribution < -0.4 is 5.32 Å². The van der Waals surface area contributed by atoms with Gasteiger partial charge in [-0.3, -0.25) is 0 Å². The highest BCUT2D eigenvalue weighted by Crippen LogP contribution is 2.31. The van der Waals surface area contributed by atoms with Crippen molar-refractivity contribution >= 4 is 21.4 Å². The van der Waals surface area contributed by atoms with E-state index in [1.165, 1.54) is 33.4 Å². The summed E-state index contributed by atoms with van der Waals surface area (Å²) in [5.74, 6) is 0.651. The molecule has 1 heterocycles. The smallest absolute Gasteiger partial charge is 0.0734 e. The van der Waals surface area contributed by atoms with Crippen LogP contribution in [0.5, 0.6) is 0 Å². The summed E-state index contributed by atoms with van der Waals surface area (Å²) in [4.78, 5) is 1.40. The number of thiophene rings is 1. The average molecular weight is 291 g/mol. The Morgan fingerprint density at radius 1 is 1.30 bits per heavy atom. The lowest BCUT2D eigenvalue weighted by atomic mass is 10.1. The maximum atomic E-state index is 5.97. The van der Waals surface area contributed by atoms with E-state index in [1.54, 1.807) is 0 Å². The van der Waals surface area contributed by atoms with Gasteiger partial charge in [0.1, 0.15) is 0 Å². The second-order valence-corrected chi connectivity index (χ2v) is 6.58. The largest absolute Gasteiger partial charge is 0.376 e. The van der Waals surface area contributed by atoms with Crippen molar-refractivity contribution in [1.29, 1.82) is 0 Å². The van der Waals surface area contributed by atoms with Crippen molar-refractivity contribution in [3.8, 4) is 0 Å². The zero-order valence-electron chi connectivity index (χ0n) is 12.7. The molecule has 0 aliphatic heterocycles. The molecule has 0 aliphatic carbocycles. The van der Waals surface area contributed by atoms with Crippen molar-refractivity contribution in [3.63, 3.8) is 0 Å². The van der Waals surface area contributed by atoms with Gasteiger partial charge in [-0.25, -0.2) is 0 Å². The highest BCUT2D eigenvalue weighted by Gasteiger charge is 2.12. The molecule has 3 heteroatoms. The molecular weight excluding hydrogens is 266 g/mol. The molecule has 0 spiro atoms. The minimum Gasteiger partial charge on any atom is -0.376 e. The molecule has 1 aromatic carbocycles. The Labute approximate surface area is 126 Å². The summed E-state index contributed by atoms with van der Waals surface area (Å²) >= 11 is 1.88. The molecule has 0 saturated heterocycles. The number of hydrogen-bond acceptors (Lipinski definition) is 3. The fraction of sp³-hybridized carbons (Fsp3) is 0.529. The first-order valence-corrected chi connectivity index (χ1v) is 8.29. The Hall–Kier alpha value is -0.900. The van der Waals surface area contributed by atoms with Crippen LogP contribution in [0, 0.1) is 5.92 Å². The van der Waals surface area contributed by atoms with E-state index in [0.717, 1.165) is 19.8 Å². The Morgan fingerprint density at radius 2 is 2.10 bits per heavy atom. The summed E-state index contributed by atoms with van der Waals surface area (Å²) in [6.07, 6.45) is 2.48. The molecule has 0 bridgehead atoms. The third kappa shape index (κ3) is 3.81. The first-order chi connectivity index (χ1) is 9.76. The molecule has 0 fully saturated rings. The lowest BCUT2D eigenvalue weighted by Crippen LogP contribution is -2.08. The van der Waals surface area contributed by atoms with E-state index in [1.807, 2.05) is 18.4 Å². The van der Waals surface area contributed by atoms with Crippen LogP contribution in [0.25, 0.3) is 10.1 Å². The molecule has 1 atom stereocenters. The zero-order valence-corrected chi connectivity index (χ0v) is 13.6. The summed E-state index contributed by atoms with van der Waals surface area (Å²) < 4.78 is 7.33. The van der Waals surface area contributed by atoms with Gasteiger partial charge in [0.05, 0.1) is 6.61 Å². The van der Waals surface area contributed by atoms with E-state index >= 15 is 0 Å².